The maximum Gasteiger partial charge on any atom is 0.0433 e. The van der Waals surface area contributed by atoms with Crippen LogP contribution in [0.15, 0.2) is 127 Å². The predicted molar refractivity (Wildman–Crippen MR) is 142 cm³/mol. The molecule has 0 radical (unpaired) electrons. The molecule has 1 nitrogen and oxygen atoms in total. The highest BCUT2D eigenvalue weighted by atomic mass is 15.1. The average molecular weight is 426 g/mol. The highest BCUT2D eigenvalue weighted by Gasteiger charge is 2.08. The molecule has 0 atom stereocenters. The first kappa shape index (κ1) is 20.8. The normalized spacial score (nSPS) is 11.2. The monoisotopic (exact) mass is 425 g/mol. The molecule has 0 heterocycles. The first-order valence-electron chi connectivity index (χ1n) is 11.4. The minimum atomic E-state index is 0.876. The largest absolute Gasteiger partial charge is 0.363 e. The molecule has 1 heteroatoms. The number of hydrogen-bond donors (Lipinski definition) is 0. The van der Waals surface area contributed by atoms with Gasteiger partial charge < -0.3 is 4.90 Å². The van der Waals surface area contributed by atoms with Gasteiger partial charge in [-0.3, -0.25) is 0 Å². The third-order valence-electron chi connectivity index (χ3n) is 5.97. The summed E-state index contributed by atoms with van der Waals surface area (Å²) in [5, 5.41) is 2.55. The van der Waals surface area contributed by atoms with Crippen LogP contribution in [0.1, 0.15) is 22.3 Å². The Labute approximate surface area is 196 Å². The molecular weight excluding hydrogens is 398 g/mol. The molecule has 0 aliphatic rings. The van der Waals surface area contributed by atoms with E-state index in [4.69, 9.17) is 0 Å². The van der Waals surface area contributed by atoms with E-state index in [0.717, 1.165) is 13.1 Å². The van der Waals surface area contributed by atoms with E-state index in [1.54, 1.807) is 0 Å². The minimum Gasteiger partial charge on any atom is -0.363 e. The standard InChI is InChI=1S/C32H27N/c1-3-10-27(11-4-1)24-33(25-28-12-5-2-6-13-28)31-22-19-26(20-23-31)18-21-30-16-9-15-29-14-7-8-17-32(29)30/h1-23H,24-25H2/b21-18+. The van der Waals surface area contributed by atoms with Gasteiger partial charge in [-0.25, -0.2) is 0 Å². The van der Waals surface area contributed by atoms with Crippen molar-refractivity contribution in [2.45, 2.75) is 13.1 Å². The smallest absolute Gasteiger partial charge is 0.0433 e. The second-order valence-corrected chi connectivity index (χ2v) is 8.32. The second kappa shape index (κ2) is 10.0. The van der Waals surface area contributed by atoms with Gasteiger partial charge in [-0.05, 0) is 45.2 Å². The van der Waals surface area contributed by atoms with Gasteiger partial charge in [0.05, 0.1) is 0 Å². The Morgan fingerprint density at radius 1 is 0.485 bits per heavy atom. The molecule has 0 saturated heterocycles. The van der Waals surface area contributed by atoms with Crippen molar-refractivity contribution < 1.29 is 0 Å². The Balaban J connectivity index is 1.38. The molecule has 33 heavy (non-hydrogen) atoms. The number of anilines is 1. The Bertz CT molecular complexity index is 1290. The lowest BCUT2D eigenvalue weighted by Crippen LogP contribution is -2.22. The lowest BCUT2D eigenvalue weighted by molar-refractivity contribution is 0.800. The van der Waals surface area contributed by atoms with Crippen LogP contribution < -0.4 is 4.90 Å². The van der Waals surface area contributed by atoms with Gasteiger partial charge in [-0.1, -0.05) is 127 Å². The van der Waals surface area contributed by atoms with Crippen molar-refractivity contribution in [3.8, 4) is 0 Å². The van der Waals surface area contributed by atoms with Gasteiger partial charge in [-0.2, -0.15) is 0 Å². The molecule has 0 fully saturated rings. The first-order chi connectivity index (χ1) is 16.3. The molecule has 0 aliphatic heterocycles. The van der Waals surface area contributed by atoms with E-state index < -0.39 is 0 Å². The summed E-state index contributed by atoms with van der Waals surface area (Å²) < 4.78 is 0. The van der Waals surface area contributed by atoms with Crippen molar-refractivity contribution in [3.63, 3.8) is 0 Å². The highest BCUT2D eigenvalue weighted by molar-refractivity contribution is 5.92. The third kappa shape index (κ3) is 5.22. The molecular formula is C32H27N. The Kier molecular flexibility index (Phi) is 6.31. The van der Waals surface area contributed by atoms with Gasteiger partial charge >= 0.3 is 0 Å². The zero-order valence-corrected chi connectivity index (χ0v) is 18.6. The topological polar surface area (TPSA) is 3.24 Å². The SMILES string of the molecule is C(=C\c1cccc2ccccc12)/c1ccc(N(Cc2ccccc2)Cc2ccccc2)cc1. The van der Waals surface area contributed by atoms with Gasteiger partial charge in [0, 0.05) is 18.8 Å². The Morgan fingerprint density at radius 2 is 1.06 bits per heavy atom. The molecule has 5 rings (SSSR count). The summed E-state index contributed by atoms with van der Waals surface area (Å²) in [4.78, 5) is 2.43. The fourth-order valence-corrected chi connectivity index (χ4v) is 4.22. The quantitative estimate of drug-likeness (QED) is 0.237. The summed E-state index contributed by atoms with van der Waals surface area (Å²) in [6.45, 7) is 1.75. The summed E-state index contributed by atoms with van der Waals surface area (Å²) in [5.41, 5.74) is 6.30. The minimum absolute atomic E-state index is 0.876. The van der Waals surface area contributed by atoms with Crippen LogP contribution in [0.4, 0.5) is 5.69 Å². The van der Waals surface area contributed by atoms with Crippen molar-refractivity contribution in [2.75, 3.05) is 4.90 Å². The van der Waals surface area contributed by atoms with Crippen LogP contribution in [0, 0.1) is 0 Å². The van der Waals surface area contributed by atoms with Gasteiger partial charge in [0.25, 0.3) is 0 Å². The van der Waals surface area contributed by atoms with Crippen molar-refractivity contribution >= 4 is 28.6 Å². The van der Waals surface area contributed by atoms with E-state index in [-0.39, 0.29) is 0 Å². The van der Waals surface area contributed by atoms with E-state index >= 15 is 0 Å². The number of fused-ring (bicyclic) bond motifs is 1. The van der Waals surface area contributed by atoms with Crippen LogP contribution in [-0.2, 0) is 13.1 Å². The lowest BCUT2D eigenvalue weighted by atomic mass is 10.0. The van der Waals surface area contributed by atoms with E-state index in [9.17, 15) is 0 Å². The molecule has 0 spiro atoms. The molecule has 5 aromatic rings. The maximum absolute atomic E-state index is 2.43. The number of benzene rings is 5. The zero-order chi connectivity index (χ0) is 22.3. The van der Waals surface area contributed by atoms with Gasteiger partial charge in [0.2, 0.25) is 0 Å². The molecule has 0 amide bonds. The van der Waals surface area contributed by atoms with Crippen molar-refractivity contribution in [1.82, 2.24) is 0 Å². The van der Waals surface area contributed by atoms with Crippen molar-refractivity contribution in [2.24, 2.45) is 0 Å². The summed E-state index contributed by atoms with van der Waals surface area (Å²) >= 11 is 0. The fourth-order valence-electron chi connectivity index (χ4n) is 4.22. The van der Waals surface area contributed by atoms with Crippen LogP contribution in [0.3, 0.4) is 0 Å². The van der Waals surface area contributed by atoms with Gasteiger partial charge in [0.1, 0.15) is 0 Å². The predicted octanol–water partition coefficient (Wildman–Crippen LogP) is 8.22. The molecule has 0 bridgehead atoms. The highest BCUT2D eigenvalue weighted by Crippen LogP contribution is 2.23. The van der Waals surface area contributed by atoms with Crippen LogP contribution in [-0.4, -0.2) is 0 Å². The van der Waals surface area contributed by atoms with Crippen LogP contribution in [0.2, 0.25) is 0 Å². The summed E-state index contributed by atoms with van der Waals surface area (Å²) in [7, 11) is 0. The molecule has 0 N–H and O–H groups in total. The van der Waals surface area contributed by atoms with E-state index in [1.807, 2.05) is 0 Å². The molecule has 160 valence electrons. The third-order valence-corrected chi connectivity index (χ3v) is 5.97. The molecule has 0 unspecified atom stereocenters. The zero-order valence-electron chi connectivity index (χ0n) is 18.6. The number of hydrogen-bond acceptors (Lipinski definition) is 1. The molecule has 0 aliphatic carbocycles. The molecule has 5 aromatic carbocycles. The van der Waals surface area contributed by atoms with Gasteiger partial charge in [-0.15, -0.1) is 0 Å². The Hall–Kier alpha value is -4.10. The van der Waals surface area contributed by atoms with Crippen molar-refractivity contribution in [1.29, 1.82) is 0 Å². The van der Waals surface area contributed by atoms with Crippen LogP contribution in [0.25, 0.3) is 22.9 Å². The summed E-state index contributed by atoms with van der Waals surface area (Å²) in [6, 6.07) is 45.2. The summed E-state index contributed by atoms with van der Waals surface area (Å²) in [6.07, 6.45) is 4.41. The average Bonchev–Trinajstić information content (AvgIpc) is 2.89. The number of rotatable bonds is 7. The van der Waals surface area contributed by atoms with Crippen LogP contribution >= 0.6 is 0 Å². The van der Waals surface area contributed by atoms with Crippen LogP contribution in [0.5, 0.6) is 0 Å². The molecule has 0 saturated carbocycles. The van der Waals surface area contributed by atoms with E-state index in [0.29, 0.717) is 0 Å². The number of nitrogens with zero attached hydrogens (tertiary/aromatic N) is 1. The maximum atomic E-state index is 2.43. The van der Waals surface area contributed by atoms with E-state index in [2.05, 4.69) is 144 Å². The summed E-state index contributed by atoms with van der Waals surface area (Å²) in [5.74, 6) is 0. The van der Waals surface area contributed by atoms with Crippen molar-refractivity contribution in [3.05, 3.63) is 150 Å². The van der Waals surface area contributed by atoms with Gasteiger partial charge in [0.15, 0.2) is 0 Å². The second-order valence-electron chi connectivity index (χ2n) is 8.32. The lowest BCUT2D eigenvalue weighted by Gasteiger charge is -2.25. The first-order valence-corrected chi connectivity index (χ1v) is 11.4. The Morgan fingerprint density at radius 3 is 1.73 bits per heavy atom. The van der Waals surface area contributed by atoms with E-state index in [1.165, 1.54) is 38.7 Å². The fraction of sp³-hybridized carbons (Fsp3) is 0.0625. The molecule has 0 aromatic heterocycles.